The first-order valence-corrected chi connectivity index (χ1v) is 6.43. The predicted octanol–water partition coefficient (Wildman–Crippen LogP) is 2.76. The van der Waals surface area contributed by atoms with Crippen LogP contribution in [0, 0.1) is 0 Å². The van der Waals surface area contributed by atoms with Crippen LogP contribution in [0.2, 0.25) is 5.15 Å². The third-order valence-electron chi connectivity index (χ3n) is 2.79. The number of pyridine rings is 1. The fraction of sp³-hybridized carbons (Fsp3) is 0.143. The van der Waals surface area contributed by atoms with Gasteiger partial charge in [-0.2, -0.15) is 0 Å². The number of anilines is 1. The van der Waals surface area contributed by atoms with Gasteiger partial charge in [0.25, 0.3) is 5.91 Å². The van der Waals surface area contributed by atoms with E-state index in [2.05, 4.69) is 10.3 Å². The van der Waals surface area contributed by atoms with Gasteiger partial charge in [-0.15, -0.1) is 0 Å². The lowest BCUT2D eigenvalue weighted by molar-refractivity contribution is 0.102. The minimum absolute atomic E-state index is 0.258. The summed E-state index contributed by atoms with van der Waals surface area (Å²) in [7, 11) is 0. The lowest BCUT2D eigenvalue weighted by atomic mass is 10.2. The summed E-state index contributed by atoms with van der Waals surface area (Å²) in [4.78, 5) is 15.9. The first-order valence-electron chi connectivity index (χ1n) is 6.05. The van der Waals surface area contributed by atoms with Gasteiger partial charge in [-0.3, -0.25) is 4.79 Å². The molecule has 0 spiro atoms. The molecule has 6 heteroatoms. The molecule has 5 nitrogen and oxygen atoms in total. The van der Waals surface area contributed by atoms with Crippen molar-refractivity contribution in [2.75, 3.05) is 18.5 Å². The molecular weight excluding hydrogens is 280 g/mol. The van der Waals surface area contributed by atoms with Gasteiger partial charge in [-0.05, 0) is 24.3 Å². The van der Waals surface area contributed by atoms with E-state index in [-0.39, 0.29) is 11.1 Å². The maximum absolute atomic E-state index is 12.1. The van der Waals surface area contributed by atoms with Crippen LogP contribution in [0.5, 0.6) is 11.5 Å². The molecule has 0 saturated heterocycles. The van der Waals surface area contributed by atoms with Crippen molar-refractivity contribution in [1.82, 2.24) is 4.98 Å². The molecule has 0 radical (unpaired) electrons. The summed E-state index contributed by atoms with van der Waals surface area (Å²) >= 11 is 5.76. The fourth-order valence-corrected chi connectivity index (χ4v) is 2.04. The molecule has 0 unspecified atom stereocenters. The van der Waals surface area contributed by atoms with Crippen molar-refractivity contribution in [1.29, 1.82) is 0 Å². The summed E-state index contributed by atoms with van der Waals surface area (Å²) in [6, 6.07) is 8.36. The van der Waals surface area contributed by atoms with E-state index >= 15 is 0 Å². The number of amides is 1. The molecule has 1 aromatic carbocycles. The van der Waals surface area contributed by atoms with E-state index < -0.39 is 0 Å². The van der Waals surface area contributed by atoms with E-state index in [1.807, 2.05) is 0 Å². The van der Waals surface area contributed by atoms with Crippen molar-refractivity contribution >= 4 is 23.2 Å². The van der Waals surface area contributed by atoms with Gasteiger partial charge in [0.15, 0.2) is 11.5 Å². The summed E-state index contributed by atoms with van der Waals surface area (Å²) < 4.78 is 10.9. The number of fused-ring (bicyclic) bond motifs is 1. The van der Waals surface area contributed by atoms with Crippen molar-refractivity contribution < 1.29 is 14.3 Å². The second-order valence-corrected chi connectivity index (χ2v) is 4.57. The molecule has 2 aromatic rings. The van der Waals surface area contributed by atoms with Crippen LogP contribution in [0.3, 0.4) is 0 Å². The Morgan fingerprint density at radius 1 is 1.15 bits per heavy atom. The lowest BCUT2D eigenvalue weighted by Gasteiger charge is -2.19. The molecule has 0 bridgehead atoms. The Bertz CT molecular complexity index is 661. The molecule has 1 aliphatic rings. The van der Waals surface area contributed by atoms with Gasteiger partial charge in [-0.25, -0.2) is 4.98 Å². The van der Waals surface area contributed by atoms with Crippen molar-refractivity contribution in [3.05, 3.63) is 47.2 Å². The number of aromatic nitrogens is 1. The molecule has 1 aromatic heterocycles. The van der Waals surface area contributed by atoms with E-state index in [0.717, 1.165) is 0 Å². The molecule has 1 amide bonds. The number of nitrogens with one attached hydrogen (secondary N) is 1. The smallest absolute Gasteiger partial charge is 0.255 e. The molecule has 1 aliphatic heterocycles. The minimum Gasteiger partial charge on any atom is -0.486 e. The van der Waals surface area contributed by atoms with Crippen molar-refractivity contribution in [2.24, 2.45) is 0 Å². The maximum Gasteiger partial charge on any atom is 0.255 e. The number of hydrogen-bond donors (Lipinski definition) is 1. The highest BCUT2D eigenvalue weighted by molar-refractivity contribution is 6.29. The number of carbonyl (C=O) groups is 1. The third-order valence-corrected chi connectivity index (χ3v) is 3.00. The van der Waals surface area contributed by atoms with Crippen LogP contribution < -0.4 is 14.8 Å². The van der Waals surface area contributed by atoms with Gasteiger partial charge in [-0.1, -0.05) is 11.6 Å². The van der Waals surface area contributed by atoms with Crippen LogP contribution >= 0.6 is 11.6 Å². The zero-order chi connectivity index (χ0) is 13.9. The molecule has 0 fully saturated rings. The predicted molar refractivity (Wildman–Crippen MR) is 74.6 cm³/mol. The van der Waals surface area contributed by atoms with Crippen LogP contribution in [-0.4, -0.2) is 24.1 Å². The maximum atomic E-state index is 12.1. The number of nitrogens with zero attached hydrogens (tertiary/aromatic N) is 1. The number of benzene rings is 1. The van der Waals surface area contributed by atoms with Crippen molar-refractivity contribution in [2.45, 2.75) is 0 Å². The average Bonchev–Trinajstić information content (AvgIpc) is 2.47. The zero-order valence-corrected chi connectivity index (χ0v) is 11.2. The minimum atomic E-state index is -0.258. The number of ether oxygens (including phenoxy) is 2. The van der Waals surface area contributed by atoms with Crippen molar-refractivity contribution in [3.8, 4) is 11.5 Å². The Morgan fingerprint density at radius 2 is 1.95 bits per heavy atom. The molecule has 0 atom stereocenters. The van der Waals surface area contributed by atoms with Crippen LogP contribution in [0.1, 0.15) is 10.4 Å². The summed E-state index contributed by atoms with van der Waals surface area (Å²) in [6.45, 7) is 1.04. The van der Waals surface area contributed by atoms with Gasteiger partial charge in [0, 0.05) is 23.5 Å². The first kappa shape index (κ1) is 12.7. The van der Waals surface area contributed by atoms with E-state index in [1.54, 1.807) is 24.3 Å². The van der Waals surface area contributed by atoms with Crippen LogP contribution in [0.4, 0.5) is 5.69 Å². The van der Waals surface area contributed by atoms with Crippen LogP contribution in [-0.2, 0) is 0 Å². The van der Waals surface area contributed by atoms with E-state index in [0.29, 0.717) is 36.0 Å². The normalized spacial score (nSPS) is 12.8. The molecule has 20 heavy (non-hydrogen) atoms. The van der Waals surface area contributed by atoms with E-state index in [9.17, 15) is 4.79 Å². The Hall–Kier alpha value is -2.27. The molecule has 1 N–H and O–H groups in total. The highest BCUT2D eigenvalue weighted by atomic mass is 35.5. The Morgan fingerprint density at radius 3 is 2.75 bits per heavy atom. The SMILES string of the molecule is O=C(Nc1ccc2c(c1)OCCO2)c1ccnc(Cl)c1. The first-order chi connectivity index (χ1) is 9.72. The highest BCUT2D eigenvalue weighted by Gasteiger charge is 2.13. The van der Waals surface area contributed by atoms with Gasteiger partial charge in [0.05, 0.1) is 0 Å². The third kappa shape index (κ3) is 2.67. The van der Waals surface area contributed by atoms with Gasteiger partial charge in [0.2, 0.25) is 0 Å². The van der Waals surface area contributed by atoms with Crippen LogP contribution in [0.25, 0.3) is 0 Å². The lowest BCUT2D eigenvalue weighted by Crippen LogP contribution is -2.16. The Balaban J connectivity index is 1.79. The number of carbonyl (C=O) groups excluding carboxylic acids is 1. The molecule has 102 valence electrons. The zero-order valence-electron chi connectivity index (χ0n) is 10.4. The summed E-state index contributed by atoms with van der Waals surface area (Å²) in [5, 5.41) is 3.05. The van der Waals surface area contributed by atoms with Crippen molar-refractivity contribution in [3.63, 3.8) is 0 Å². The quantitative estimate of drug-likeness (QED) is 0.864. The number of hydrogen-bond acceptors (Lipinski definition) is 4. The summed E-state index contributed by atoms with van der Waals surface area (Å²) in [5.41, 5.74) is 1.08. The Kier molecular flexibility index (Phi) is 3.43. The second kappa shape index (κ2) is 5.38. The average molecular weight is 291 g/mol. The number of halogens is 1. The molecule has 0 aliphatic carbocycles. The monoisotopic (exact) mass is 290 g/mol. The van der Waals surface area contributed by atoms with Gasteiger partial charge < -0.3 is 14.8 Å². The molecular formula is C14H11ClN2O3. The molecule has 3 rings (SSSR count). The molecule has 2 heterocycles. The summed E-state index contributed by atoms with van der Waals surface area (Å²) in [5.74, 6) is 1.05. The topological polar surface area (TPSA) is 60.5 Å². The highest BCUT2D eigenvalue weighted by Crippen LogP contribution is 2.32. The summed E-state index contributed by atoms with van der Waals surface area (Å²) in [6.07, 6.45) is 1.49. The van der Waals surface area contributed by atoms with Crippen LogP contribution in [0.15, 0.2) is 36.5 Å². The number of rotatable bonds is 2. The van der Waals surface area contributed by atoms with Gasteiger partial charge >= 0.3 is 0 Å². The largest absolute Gasteiger partial charge is 0.486 e. The Labute approximate surface area is 120 Å². The van der Waals surface area contributed by atoms with E-state index in [1.165, 1.54) is 12.3 Å². The standard InChI is InChI=1S/C14H11ClN2O3/c15-13-7-9(3-4-16-13)14(18)17-10-1-2-11-12(8-10)20-6-5-19-11/h1-4,7-8H,5-6H2,(H,17,18). The van der Waals surface area contributed by atoms with Gasteiger partial charge in [0.1, 0.15) is 18.4 Å². The fourth-order valence-electron chi connectivity index (χ4n) is 1.87. The van der Waals surface area contributed by atoms with E-state index in [4.69, 9.17) is 21.1 Å². The molecule has 0 saturated carbocycles. The second-order valence-electron chi connectivity index (χ2n) is 4.18.